The van der Waals surface area contributed by atoms with Crippen molar-refractivity contribution in [2.75, 3.05) is 0 Å². The van der Waals surface area contributed by atoms with Gasteiger partial charge in [-0.25, -0.2) is 0 Å². The van der Waals surface area contributed by atoms with E-state index in [-0.39, 0.29) is 0 Å². The van der Waals surface area contributed by atoms with E-state index in [2.05, 4.69) is 33.2 Å². The van der Waals surface area contributed by atoms with E-state index in [9.17, 15) is 0 Å². The van der Waals surface area contributed by atoms with E-state index >= 15 is 0 Å². The van der Waals surface area contributed by atoms with Gasteiger partial charge in [-0.15, -0.1) is 0 Å². The average Bonchev–Trinajstić information content (AvgIpc) is 2.65. The van der Waals surface area contributed by atoms with Gasteiger partial charge in [-0.05, 0) is 17.7 Å². The molecule has 1 heterocycles. The van der Waals surface area contributed by atoms with Crippen LogP contribution in [0.3, 0.4) is 0 Å². The van der Waals surface area contributed by atoms with Gasteiger partial charge in [-0.2, -0.15) is 5.10 Å². The summed E-state index contributed by atoms with van der Waals surface area (Å²) in [7, 11) is 0. The first-order chi connectivity index (χ1) is 7.28. The molecule has 15 heavy (non-hydrogen) atoms. The quantitative estimate of drug-likeness (QED) is 0.925. The fraction of sp³-hybridized carbons (Fsp3) is 0.182. The first kappa shape index (κ1) is 10.4. The van der Waals surface area contributed by atoms with Crippen LogP contribution in [0, 0.1) is 0 Å². The molecule has 0 unspecified atom stereocenters. The molecule has 1 aromatic carbocycles. The minimum atomic E-state index is 0.540. The van der Waals surface area contributed by atoms with Crippen LogP contribution in [-0.2, 0) is 13.1 Å². The third-order valence-corrected chi connectivity index (χ3v) is 2.65. The van der Waals surface area contributed by atoms with Crippen LogP contribution in [0.2, 0.25) is 0 Å². The highest BCUT2D eigenvalue weighted by atomic mass is 79.9. The second kappa shape index (κ2) is 4.59. The molecule has 0 radical (unpaired) electrons. The SMILES string of the molecule is NCc1cnn(Cc2cccc(Br)c2)c1. The summed E-state index contributed by atoms with van der Waals surface area (Å²) in [5.41, 5.74) is 7.80. The molecule has 0 aliphatic rings. The second-order valence-electron chi connectivity index (χ2n) is 3.38. The van der Waals surface area contributed by atoms with Gasteiger partial charge in [0.2, 0.25) is 0 Å². The topological polar surface area (TPSA) is 43.8 Å². The summed E-state index contributed by atoms with van der Waals surface area (Å²) in [6, 6.07) is 8.20. The molecule has 0 aliphatic heterocycles. The van der Waals surface area contributed by atoms with E-state index in [0.717, 1.165) is 16.6 Å². The number of halogens is 1. The Morgan fingerprint density at radius 1 is 1.33 bits per heavy atom. The minimum Gasteiger partial charge on any atom is -0.326 e. The first-order valence-corrected chi connectivity index (χ1v) is 5.53. The number of aromatic nitrogens is 2. The summed E-state index contributed by atoms with van der Waals surface area (Å²) in [5, 5.41) is 4.23. The molecular weight excluding hydrogens is 254 g/mol. The van der Waals surface area contributed by atoms with Crippen LogP contribution in [0.5, 0.6) is 0 Å². The van der Waals surface area contributed by atoms with Gasteiger partial charge in [0.1, 0.15) is 0 Å². The molecule has 1 aromatic heterocycles. The van der Waals surface area contributed by atoms with E-state index < -0.39 is 0 Å². The second-order valence-corrected chi connectivity index (χ2v) is 4.30. The summed E-state index contributed by atoms with van der Waals surface area (Å²) >= 11 is 3.44. The van der Waals surface area contributed by atoms with Gasteiger partial charge in [0, 0.05) is 22.8 Å². The Morgan fingerprint density at radius 3 is 2.87 bits per heavy atom. The molecule has 2 aromatic rings. The van der Waals surface area contributed by atoms with E-state index in [1.807, 2.05) is 23.0 Å². The molecular formula is C11H12BrN3. The van der Waals surface area contributed by atoms with Crippen molar-refractivity contribution in [1.29, 1.82) is 0 Å². The van der Waals surface area contributed by atoms with Crippen molar-refractivity contribution in [2.24, 2.45) is 5.73 Å². The largest absolute Gasteiger partial charge is 0.326 e. The van der Waals surface area contributed by atoms with Crippen molar-refractivity contribution in [3.63, 3.8) is 0 Å². The molecule has 2 N–H and O–H groups in total. The maximum absolute atomic E-state index is 5.52. The van der Waals surface area contributed by atoms with Crippen LogP contribution < -0.4 is 5.73 Å². The van der Waals surface area contributed by atoms with Crippen molar-refractivity contribution >= 4 is 15.9 Å². The predicted octanol–water partition coefficient (Wildman–Crippen LogP) is 2.15. The number of benzene rings is 1. The maximum Gasteiger partial charge on any atom is 0.0659 e. The van der Waals surface area contributed by atoms with Crippen LogP contribution in [0.15, 0.2) is 41.1 Å². The number of nitrogens with two attached hydrogens (primary N) is 1. The van der Waals surface area contributed by atoms with Crippen LogP contribution >= 0.6 is 15.9 Å². The van der Waals surface area contributed by atoms with Gasteiger partial charge < -0.3 is 5.73 Å². The lowest BCUT2D eigenvalue weighted by atomic mass is 10.2. The van der Waals surface area contributed by atoms with Crippen molar-refractivity contribution in [1.82, 2.24) is 9.78 Å². The lowest BCUT2D eigenvalue weighted by molar-refractivity contribution is 0.686. The first-order valence-electron chi connectivity index (χ1n) is 4.74. The van der Waals surface area contributed by atoms with Gasteiger partial charge in [0.25, 0.3) is 0 Å². The average molecular weight is 266 g/mol. The van der Waals surface area contributed by atoms with Crippen LogP contribution in [-0.4, -0.2) is 9.78 Å². The Hall–Kier alpha value is -1.13. The predicted molar refractivity (Wildman–Crippen MR) is 63.4 cm³/mol. The summed E-state index contributed by atoms with van der Waals surface area (Å²) in [4.78, 5) is 0. The highest BCUT2D eigenvalue weighted by Gasteiger charge is 1.98. The molecule has 0 spiro atoms. The molecule has 0 amide bonds. The molecule has 3 nitrogen and oxygen atoms in total. The zero-order chi connectivity index (χ0) is 10.7. The molecule has 0 bridgehead atoms. The zero-order valence-corrected chi connectivity index (χ0v) is 9.81. The summed E-state index contributed by atoms with van der Waals surface area (Å²) in [6.07, 6.45) is 3.78. The normalized spacial score (nSPS) is 10.5. The summed E-state index contributed by atoms with van der Waals surface area (Å²) in [5.74, 6) is 0. The monoisotopic (exact) mass is 265 g/mol. The third-order valence-electron chi connectivity index (χ3n) is 2.16. The minimum absolute atomic E-state index is 0.540. The Kier molecular flexibility index (Phi) is 3.18. The fourth-order valence-electron chi connectivity index (χ4n) is 1.42. The molecule has 0 fully saturated rings. The van der Waals surface area contributed by atoms with Crippen LogP contribution in [0.4, 0.5) is 0 Å². The van der Waals surface area contributed by atoms with Gasteiger partial charge in [-0.3, -0.25) is 4.68 Å². The number of rotatable bonds is 3. The van der Waals surface area contributed by atoms with Gasteiger partial charge in [-0.1, -0.05) is 28.1 Å². The molecule has 78 valence electrons. The lowest BCUT2D eigenvalue weighted by Gasteiger charge is -2.01. The summed E-state index contributed by atoms with van der Waals surface area (Å²) in [6.45, 7) is 1.32. The number of hydrogen-bond acceptors (Lipinski definition) is 2. The molecule has 0 atom stereocenters. The maximum atomic E-state index is 5.52. The Bertz CT molecular complexity index is 451. The van der Waals surface area contributed by atoms with Gasteiger partial charge in [0.05, 0.1) is 12.7 Å². The van der Waals surface area contributed by atoms with Gasteiger partial charge >= 0.3 is 0 Å². The third kappa shape index (κ3) is 2.67. The molecule has 0 aliphatic carbocycles. The lowest BCUT2D eigenvalue weighted by Crippen LogP contribution is -2.00. The van der Waals surface area contributed by atoms with E-state index in [1.165, 1.54) is 5.56 Å². The zero-order valence-electron chi connectivity index (χ0n) is 8.23. The van der Waals surface area contributed by atoms with Crippen molar-refractivity contribution in [3.05, 3.63) is 52.3 Å². The van der Waals surface area contributed by atoms with Crippen LogP contribution in [0.1, 0.15) is 11.1 Å². The number of hydrogen-bond donors (Lipinski definition) is 1. The fourth-order valence-corrected chi connectivity index (χ4v) is 1.87. The standard InChI is InChI=1S/C11H12BrN3/c12-11-3-1-2-9(4-11)7-15-8-10(5-13)6-14-15/h1-4,6,8H,5,7,13H2. The smallest absolute Gasteiger partial charge is 0.0659 e. The van der Waals surface area contributed by atoms with Crippen molar-refractivity contribution < 1.29 is 0 Å². The highest BCUT2D eigenvalue weighted by Crippen LogP contribution is 2.12. The molecule has 0 saturated heterocycles. The van der Waals surface area contributed by atoms with E-state index in [4.69, 9.17) is 5.73 Å². The highest BCUT2D eigenvalue weighted by molar-refractivity contribution is 9.10. The van der Waals surface area contributed by atoms with Crippen LogP contribution in [0.25, 0.3) is 0 Å². The summed E-state index contributed by atoms with van der Waals surface area (Å²) < 4.78 is 2.98. The Balaban J connectivity index is 2.14. The molecule has 0 saturated carbocycles. The van der Waals surface area contributed by atoms with Crippen molar-refractivity contribution in [2.45, 2.75) is 13.1 Å². The van der Waals surface area contributed by atoms with E-state index in [0.29, 0.717) is 6.54 Å². The Labute approximate surface area is 97.0 Å². The van der Waals surface area contributed by atoms with E-state index in [1.54, 1.807) is 6.20 Å². The molecule has 2 rings (SSSR count). The number of nitrogens with zero attached hydrogens (tertiary/aromatic N) is 2. The Morgan fingerprint density at radius 2 is 2.20 bits per heavy atom. The van der Waals surface area contributed by atoms with Gasteiger partial charge in [0.15, 0.2) is 0 Å². The molecule has 4 heteroatoms. The van der Waals surface area contributed by atoms with Crippen molar-refractivity contribution in [3.8, 4) is 0 Å².